The average molecular weight is 260 g/mol. The van der Waals surface area contributed by atoms with Crippen molar-refractivity contribution in [3.05, 3.63) is 22.3 Å². The molecule has 0 aromatic carbocycles. The van der Waals surface area contributed by atoms with Crippen LogP contribution in [-0.2, 0) is 9.59 Å². The van der Waals surface area contributed by atoms with Crippen molar-refractivity contribution in [2.45, 2.75) is 46.5 Å². The predicted octanol–water partition coefficient (Wildman–Crippen LogP) is 2.35. The molecule has 0 saturated heterocycles. The molecule has 0 bridgehead atoms. The molecule has 1 aliphatic rings. The molecular formula is C16H20O3. The van der Waals surface area contributed by atoms with Gasteiger partial charge in [0.25, 0.3) is 0 Å². The SMILES string of the molecule is CC1=C(C)C(=O)C(CCCCC#CCO)=C(C)C1=O. The molecule has 0 aromatic heterocycles. The molecule has 0 saturated carbocycles. The summed E-state index contributed by atoms with van der Waals surface area (Å²) in [6.45, 7) is 5.05. The van der Waals surface area contributed by atoms with Gasteiger partial charge in [0.05, 0.1) is 0 Å². The van der Waals surface area contributed by atoms with Crippen molar-refractivity contribution in [2.75, 3.05) is 6.61 Å². The second kappa shape index (κ2) is 7.06. The summed E-state index contributed by atoms with van der Waals surface area (Å²) in [4.78, 5) is 24.1. The molecule has 102 valence electrons. The minimum atomic E-state index is -0.111. The van der Waals surface area contributed by atoms with Gasteiger partial charge < -0.3 is 5.11 Å². The number of carbonyl (C=O) groups excluding carboxylic acids is 2. The summed E-state index contributed by atoms with van der Waals surface area (Å²) >= 11 is 0. The number of hydrogen-bond donors (Lipinski definition) is 1. The number of Topliss-reactive ketones (excluding diaryl/α,β-unsaturated/α-hetero) is 2. The number of aliphatic hydroxyl groups is 1. The first-order valence-electron chi connectivity index (χ1n) is 6.54. The summed E-state index contributed by atoms with van der Waals surface area (Å²) in [7, 11) is 0. The second-order valence-electron chi connectivity index (χ2n) is 4.73. The predicted molar refractivity (Wildman–Crippen MR) is 74.4 cm³/mol. The summed E-state index contributed by atoms with van der Waals surface area (Å²) in [5.74, 6) is 5.43. The van der Waals surface area contributed by atoms with Crippen molar-refractivity contribution in [2.24, 2.45) is 0 Å². The molecule has 0 aromatic rings. The number of ketones is 2. The van der Waals surface area contributed by atoms with Crippen LogP contribution in [0.3, 0.4) is 0 Å². The minimum absolute atomic E-state index is 0.00725. The third kappa shape index (κ3) is 3.65. The van der Waals surface area contributed by atoms with Gasteiger partial charge in [0, 0.05) is 28.7 Å². The van der Waals surface area contributed by atoms with Gasteiger partial charge in [-0.05, 0) is 40.0 Å². The van der Waals surface area contributed by atoms with Crippen LogP contribution in [0.1, 0.15) is 46.5 Å². The van der Waals surface area contributed by atoms with Crippen molar-refractivity contribution in [3.8, 4) is 11.8 Å². The van der Waals surface area contributed by atoms with E-state index in [1.54, 1.807) is 20.8 Å². The van der Waals surface area contributed by atoms with Crippen molar-refractivity contribution in [1.82, 2.24) is 0 Å². The first-order chi connectivity index (χ1) is 9.00. The summed E-state index contributed by atoms with van der Waals surface area (Å²) in [6.07, 6.45) is 3.04. The van der Waals surface area contributed by atoms with Gasteiger partial charge in [-0.25, -0.2) is 0 Å². The van der Waals surface area contributed by atoms with Crippen LogP contribution in [0.5, 0.6) is 0 Å². The van der Waals surface area contributed by atoms with E-state index in [1.165, 1.54) is 0 Å². The first-order valence-corrected chi connectivity index (χ1v) is 6.54. The highest BCUT2D eigenvalue weighted by Crippen LogP contribution is 2.27. The third-order valence-corrected chi connectivity index (χ3v) is 3.49. The molecule has 0 aliphatic heterocycles. The fourth-order valence-electron chi connectivity index (χ4n) is 2.12. The fraction of sp³-hybridized carbons (Fsp3) is 0.500. The standard InChI is InChI=1S/C16H20O3/c1-11-12(2)16(19)14(13(3)15(11)18)9-7-5-4-6-8-10-17/h17H,4-5,7,9-10H2,1-3H3. The van der Waals surface area contributed by atoms with Crippen LogP contribution in [0.4, 0.5) is 0 Å². The smallest absolute Gasteiger partial charge is 0.185 e. The topological polar surface area (TPSA) is 54.4 Å². The van der Waals surface area contributed by atoms with E-state index in [-0.39, 0.29) is 18.2 Å². The zero-order valence-corrected chi connectivity index (χ0v) is 11.8. The Morgan fingerprint density at radius 1 is 0.895 bits per heavy atom. The van der Waals surface area contributed by atoms with Crippen molar-refractivity contribution < 1.29 is 14.7 Å². The first kappa shape index (κ1) is 15.4. The Labute approximate surface area is 114 Å². The number of aliphatic hydroxyl groups excluding tert-OH is 1. The van der Waals surface area contributed by atoms with Crippen LogP contribution in [0.25, 0.3) is 0 Å². The van der Waals surface area contributed by atoms with Gasteiger partial charge >= 0.3 is 0 Å². The Hall–Kier alpha value is -1.66. The molecule has 1 aliphatic carbocycles. The van der Waals surface area contributed by atoms with E-state index in [4.69, 9.17) is 5.11 Å². The van der Waals surface area contributed by atoms with Gasteiger partial charge in [0.2, 0.25) is 0 Å². The molecular weight excluding hydrogens is 240 g/mol. The molecule has 1 rings (SSSR count). The van der Waals surface area contributed by atoms with E-state index >= 15 is 0 Å². The second-order valence-corrected chi connectivity index (χ2v) is 4.73. The lowest BCUT2D eigenvalue weighted by atomic mass is 9.84. The van der Waals surface area contributed by atoms with E-state index in [2.05, 4.69) is 11.8 Å². The normalized spacial score (nSPS) is 15.8. The largest absolute Gasteiger partial charge is 0.384 e. The molecule has 3 nitrogen and oxygen atoms in total. The summed E-state index contributed by atoms with van der Waals surface area (Å²) in [5, 5.41) is 8.51. The molecule has 0 spiro atoms. The van der Waals surface area contributed by atoms with Crippen LogP contribution < -0.4 is 0 Å². The quantitative estimate of drug-likeness (QED) is 0.479. The average Bonchev–Trinajstić information content (AvgIpc) is 2.41. The van der Waals surface area contributed by atoms with Crippen LogP contribution >= 0.6 is 0 Å². The monoisotopic (exact) mass is 260 g/mol. The van der Waals surface area contributed by atoms with Gasteiger partial charge in [-0.15, -0.1) is 5.92 Å². The molecule has 19 heavy (non-hydrogen) atoms. The lowest BCUT2D eigenvalue weighted by Gasteiger charge is -2.18. The number of carbonyl (C=O) groups is 2. The lowest BCUT2D eigenvalue weighted by Crippen LogP contribution is -2.20. The summed E-state index contributed by atoms with van der Waals surface area (Å²) in [5.41, 5.74) is 2.39. The molecule has 0 unspecified atom stereocenters. The molecule has 1 N–H and O–H groups in total. The molecule has 0 atom stereocenters. The Bertz CT molecular complexity index is 510. The van der Waals surface area contributed by atoms with Crippen LogP contribution in [0.15, 0.2) is 22.3 Å². The maximum Gasteiger partial charge on any atom is 0.185 e. The highest BCUT2D eigenvalue weighted by atomic mass is 16.2. The highest BCUT2D eigenvalue weighted by molar-refractivity contribution is 6.24. The minimum Gasteiger partial charge on any atom is -0.384 e. The Kier molecular flexibility index (Phi) is 5.72. The van der Waals surface area contributed by atoms with Crippen molar-refractivity contribution in [1.29, 1.82) is 0 Å². The number of hydrogen-bond acceptors (Lipinski definition) is 3. The van der Waals surface area contributed by atoms with E-state index in [1.807, 2.05) is 0 Å². The fourth-order valence-corrected chi connectivity index (χ4v) is 2.12. The van der Waals surface area contributed by atoms with Crippen LogP contribution in [0.2, 0.25) is 0 Å². The van der Waals surface area contributed by atoms with E-state index in [9.17, 15) is 9.59 Å². The molecule has 0 radical (unpaired) electrons. The summed E-state index contributed by atoms with van der Waals surface area (Å²) < 4.78 is 0. The van der Waals surface area contributed by atoms with Gasteiger partial charge in [0.15, 0.2) is 11.6 Å². The molecule has 3 heteroatoms. The molecule has 0 heterocycles. The Balaban J connectivity index is 2.63. The zero-order valence-electron chi connectivity index (χ0n) is 11.8. The number of allylic oxidation sites excluding steroid dienone is 4. The number of unbranched alkanes of at least 4 members (excludes halogenated alkanes) is 2. The maximum atomic E-state index is 12.1. The Morgan fingerprint density at radius 2 is 1.53 bits per heavy atom. The molecule has 0 amide bonds. The highest BCUT2D eigenvalue weighted by Gasteiger charge is 2.26. The third-order valence-electron chi connectivity index (χ3n) is 3.49. The van der Waals surface area contributed by atoms with Gasteiger partial charge in [0.1, 0.15) is 6.61 Å². The van der Waals surface area contributed by atoms with E-state index in [0.29, 0.717) is 35.1 Å². The van der Waals surface area contributed by atoms with E-state index < -0.39 is 0 Å². The maximum absolute atomic E-state index is 12.1. The zero-order chi connectivity index (χ0) is 14.4. The van der Waals surface area contributed by atoms with Crippen LogP contribution in [0, 0.1) is 11.8 Å². The number of rotatable bonds is 4. The van der Waals surface area contributed by atoms with E-state index in [0.717, 1.165) is 12.8 Å². The van der Waals surface area contributed by atoms with Gasteiger partial charge in [-0.1, -0.05) is 5.92 Å². The van der Waals surface area contributed by atoms with Crippen LogP contribution in [-0.4, -0.2) is 23.3 Å². The Morgan fingerprint density at radius 3 is 2.16 bits per heavy atom. The molecule has 0 fully saturated rings. The van der Waals surface area contributed by atoms with Gasteiger partial charge in [-0.3, -0.25) is 9.59 Å². The lowest BCUT2D eigenvalue weighted by molar-refractivity contribution is -0.116. The summed E-state index contributed by atoms with van der Waals surface area (Å²) in [6, 6.07) is 0. The van der Waals surface area contributed by atoms with Crippen molar-refractivity contribution >= 4 is 11.6 Å². The van der Waals surface area contributed by atoms with Gasteiger partial charge in [-0.2, -0.15) is 0 Å². The van der Waals surface area contributed by atoms with Crippen molar-refractivity contribution in [3.63, 3.8) is 0 Å².